The molecule has 0 aliphatic rings. The van der Waals surface area contributed by atoms with Crippen LogP contribution in [0.3, 0.4) is 0 Å². The quantitative estimate of drug-likeness (QED) is 0.164. The molecule has 0 N–H and O–H groups in total. The number of fused-ring (bicyclic) bond motifs is 3. The summed E-state index contributed by atoms with van der Waals surface area (Å²) < 4.78 is 2.41. The number of thiophene rings is 1. The molecule has 0 saturated heterocycles. The van der Waals surface area contributed by atoms with Crippen molar-refractivity contribution >= 4 is 31.5 Å². The first-order chi connectivity index (χ1) is 27.3. The number of hydrogen-bond donors (Lipinski definition) is 0. The molecule has 0 radical (unpaired) electrons. The summed E-state index contributed by atoms with van der Waals surface area (Å²) in [6, 6.07) is 65.6. The third kappa shape index (κ3) is 6.17. The molecule has 10 aromatic rings. The van der Waals surface area contributed by atoms with Gasteiger partial charge in [-0.1, -0.05) is 158 Å². The van der Waals surface area contributed by atoms with Gasteiger partial charge in [0.05, 0.1) is 5.69 Å². The lowest BCUT2D eigenvalue weighted by atomic mass is 9.93. The van der Waals surface area contributed by atoms with Crippen molar-refractivity contribution in [1.82, 2.24) is 19.9 Å². The van der Waals surface area contributed by atoms with Gasteiger partial charge in [-0.15, -0.1) is 11.3 Å². The Hall–Kier alpha value is -7.08. The number of pyridine rings is 1. The Bertz CT molecular complexity index is 2870. The van der Waals surface area contributed by atoms with Crippen LogP contribution in [0.5, 0.6) is 0 Å². The summed E-state index contributed by atoms with van der Waals surface area (Å²) in [6.45, 7) is 0. The van der Waals surface area contributed by atoms with E-state index in [1.54, 1.807) is 0 Å². The maximum Gasteiger partial charge on any atom is 0.164 e. The van der Waals surface area contributed by atoms with Crippen LogP contribution in [0.4, 0.5) is 0 Å². The van der Waals surface area contributed by atoms with Gasteiger partial charge < -0.3 is 0 Å². The highest BCUT2D eigenvalue weighted by atomic mass is 32.1. The zero-order valence-corrected chi connectivity index (χ0v) is 30.5. The monoisotopic (exact) mass is 720 g/mol. The van der Waals surface area contributed by atoms with Gasteiger partial charge in [-0.3, -0.25) is 4.98 Å². The zero-order chi connectivity index (χ0) is 36.6. The molecule has 7 aromatic carbocycles. The van der Waals surface area contributed by atoms with E-state index < -0.39 is 0 Å². The summed E-state index contributed by atoms with van der Waals surface area (Å²) in [5.74, 6) is 1.92. The molecule has 10 rings (SSSR count). The predicted octanol–water partition coefficient (Wildman–Crippen LogP) is 13.3. The Morgan fingerprint density at radius 1 is 0.327 bits per heavy atom. The van der Waals surface area contributed by atoms with Gasteiger partial charge in [-0.2, -0.15) is 0 Å². The molecule has 0 fully saturated rings. The second kappa shape index (κ2) is 14.0. The second-order valence-corrected chi connectivity index (χ2v) is 14.5. The fourth-order valence-corrected chi connectivity index (χ4v) is 8.69. The van der Waals surface area contributed by atoms with Gasteiger partial charge >= 0.3 is 0 Å². The van der Waals surface area contributed by atoms with Gasteiger partial charge in [-0.05, 0) is 58.1 Å². The summed E-state index contributed by atoms with van der Waals surface area (Å²) in [4.78, 5) is 20.0. The van der Waals surface area contributed by atoms with Gasteiger partial charge in [0.1, 0.15) is 0 Å². The van der Waals surface area contributed by atoms with Crippen LogP contribution in [-0.2, 0) is 0 Å². The molecular formula is C50H32N4S. The van der Waals surface area contributed by atoms with Crippen molar-refractivity contribution in [2.24, 2.45) is 0 Å². The number of hydrogen-bond acceptors (Lipinski definition) is 5. The first-order valence-electron chi connectivity index (χ1n) is 18.3. The Balaban J connectivity index is 1.28. The highest BCUT2D eigenvalue weighted by Crippen LogP contribution is 2.49. The Morgan fingerprint density at radius 3 is 1.44 bits per heavy atom. The predicted molar refractivity (Wildman–Crippen MR) is 229 cm³/mol. The third-order valence-electron chi connectivity index (χ3n) is 10.0. The molecule has 4 nitrogen and oxygen atoms in total. The van der Waals surface area contributed by atoms with E-state index in [-0.39, 0.29) is 0 Å². The van der Waals surface area contributed by atoms with E-state index in [2.05, 4.69) is 138 Å². The smallest absolute Gasteiger partial charge is 0.164 e. The number of aromatic nitrogens is 4. The normalized spacial score (nSPS) is 11.3. The summed E-state index contributed by atoms with van der Waals surface area (Å²) in [7, 11) is 0. The van der Waals surface area contributed by atoms with Crippen molar-refractivity contribution in [3.05, 3.63) is 194 Å². The molecule has 0 bridgehead atoms. The number of rotatable bonds is 7. The molecule has 3 heterocycles. The lowest BCUT2D eigenvalue weighted by Gasteiger charge is -2.12. The summed E-state index contributed by atoms with van der Waals surface area (Å²) in [5, 5.41) is 2.30. The third-order valence-corrected chi connectivity index (χ3v) is 11.3. The molecule has 0 spiro atoms. The Morgan fingerprint density at radius 2 is 0.836 bits per heavy atom. The zero-order valence-electron chi connectivity index (χ0n) is 29.7. The molecule has 0 amide bonds. The first-order valence-corrected chi connectivity index (χ1v) is 19.1. The maximum absolute atomic E-state index is 5.22. The van der Waals surface area contributed by atoms with Crippen molar-refractivity contribution in [2.75, 3.05) is 0 Å². The molecule has 55 heavy (non-hydrogen) atoms. The largest absolute Gasteiger partial charge is 0.256 e. The maximum atomic E-state index is 5.22. The van der Waals surface area contributed by atoms with Gasteiger partial charge in [0.15, 0.2) is 17.5 Å². The highest BCUT2D eigenvalue weighted by Gasteiger charge is 2.22. The molecule has 258 valence electrons. The van der Waals surface area contributed by atoms with E-state index >= 15 is 0 Å². The van der Waals surface area contributed by atoms with Crippen LogP contribution in [0.15, 0.2) is 194 Å². The molecule has 0 saturated carbocycles. The summed E-state index contributed by atoms with van der Waals surface area (Å²) in [6.07, 6.45) is 1.84. The molecule has 3 aromatic heterocycles. The minimum absolute atomic E-state index is 0.640. The fraction of sp³-hybridized carbons (Fsp3) is 0. The van der Waals surface area contributed by atoms with Gasteiger partial charge in [0.2, 0.25) is 0 Å². The first kappa shape index (κ1) is 32.6. The van der Waals surface area contributed by atoms with E-state index in [0.29, 0.717) is 17.5 Å². The van der Waals surface area contributed by atoms with Crippen LogP contribution >= 0.6 is 11.3 Å². The molecule has 0 unspecified atom stereocenters. The van der Waals surface area contributed by atoms with Crippen LogP contribution in [0.2, 0.25) is 0 Å². The van der Waals surface area contributed by atoms with E-state index in [0.717, 1.165) is 50.0 Å². The van der Waals surface area contributed by atoms with Crippen molar-refractivity contribution in [3.63, 3.8) is 0 Å². The Kier molecular flexibility index (Phi) is 8.32. The van der Waals surface area contributed by atoms with E-state index in [1.165, 1.54) is 31.5 Å². The summed E-state index contributed by atoms with van der Waals surface area (Å²) >= 11 is 1.84. The topological polar surface area (TPSA) is 51.6 Å². The average molecular weight is 721 g/mol. The van der Waals surface area contributed by atoms with Crippen molar-refractivity contribution in [1.29, 1.82) is 0 Å². The van der Waals surface area contributed by atoms with Crippen LogP contribution < -0.4 is 0 Å². The standard InChI is InChI=1S/C50H32N4S/c1-5-15-33(16-6-1)39-31-42(34-17-7-2-8-18-34)46-43(32-39)45-41(29-28-40(47(45)55-46)35-24-26-36(27-25-35)44-23-13-14-30-51-44)50-53-48(37-19-9-3-10-20-37)52-49(54-50)38-21-11-4-12-22-38/h1-32H. The lowest BCUT2D eigenvalue weighted by Crippen LogP contribution is -2.00. The van der Waals surface area contributed by atoms with Crippen LogP contribution in [0, 0.1) is 0 Å². The van der Waals surface area contributed by atoms with E-state index in [9.17, 15) is 0 Å². The average Bonchev–Trinajstić information content (AvgIpc) is 3.67. The van der Waals surface area contributed by atoms with Crippen LogP contribution in [-0.4, -0.2) is 19.9 Å². The van der Waals surface area contributed by atoms with Crippen molar-refractivity contribution in [2.45, 2.75) is 0 Å². The van der Waals surface area contributed by atoms with Crippen molar-refractivity contribution in [3.8, 4) is 78.8 Å². The van der Waals surface area contributed by atoms with E-state index in [4.69, 9.17) is 15.0 Å². The van der Waals surface area contributed by atoms with Crippen molar-refractivity contribution < 1.29 is 0 Å². The highest BCUT2D eigenvalue weighted by molar-refractivity contribution is 7.27. The summed E-state index contributed by atoms with van der Waals surface area (Å²) in [5.41, 5.74) is 11.9. The second-order valence-electron chi connectivity index (χ2n) is 13.4. The van der Waals surface area contributed by atoms with Gasteiger partial charge in [0, 0.05) is 54.2 Å². The number of nitrogens with zero attached hydrogens (tertiary/aromatic N) is 4. The molecule has 5 heteroatoms. The SMILES string of the molecule is c1ccc(-c2cc(-c3ccccc3)c3sc4c(-c5ccc(-c6ccccn6)cc5)ccc(-c5nc(-c6ccccc6)nc(-c6ccccc6)n5)c4c3c2)cc1. The van der Waals surface area contributed by atoms with Gasteiger partial charge in [-0.25, -0.2) is 15.0 Å². The minimum atomic E-state index is 0.640. The molecule has 0 aliphatic heterocycles. The van der Waals surface area contributed by atoms with Crippen LogP contribution in [0.25, 0.3) is 99.0 Å². The molecule has 0 aliphatic carbocycles. The lowest BCUT2D eigenvalue weighted by molar-refractivity contribution is 1.08. The minimum Gasteiger partial charge on any atom is -0.256 e. The van der Waals surface area contributed by atoms with Crippen LogP contribution in [0.1, 0.15) is 0 Å². The Labute approximate surface area is 323 Å². The molecule has 0 atom stereocenters. The number of benzene rings is 7. The van der Waals surface area contributed by atoms with E-state index in [1.807, 2.05) is 72.1 Å². The fourth-order valence-electron chi connectivity index (χ4n) is 7.31. The molecular weight excluding hydrogens is 689 g/mol. The van der Waals surface area contributed by atoms with Gasteiger partial charge in [0.25, 0.3) is 0 Å².